The molecule has 1 heterocycles. The summed E-state index contributed by atoms with van der Waals surface area (Å²) in [4.78, 5) is 11.9. The highest BCUT2D eigenvalue weighted by Crippen LogP contribution is 2.16. The Morgan fingerprint density at radius 2 is 2.10 bits per heavy atom. The quantitative estimate of drug-likeness (QED) is 0.882. The van der Waals surface area contributed by atoms with Gasteiger partial charge in [-0.05, 0) is 50.1 Å². The second kappa shape index (κ2) is 6.28. The summed E-state index contributed by atoms with van der Waals surface area (Å²) in [5.41, 5.74) is 1.99. The molecule has 1 aromatic carbocycles. The van der Waals surface area contributed by atoms with E-state index in [1.807, 2.05) is 50.2 Å². The van der Waals surface area contributed by atoms with Crippen LogP contribution >= 0.6 is 0 Å². The zero-order chi connectivity index (χ0) is 14.5. The van der Waals surface area contributed by atoms with E-state index in [2.05, 4.69) is 17.6 Å². The van der Waals surface area contributed by atoms with Gasteiger partial charge in [0.1, 0.15) is 11.5 Å². The molecule has 0 spiro atoms. The van der Waals surface area contributed by atoms with Crippen LogP contribution in [-0.2, 0) is 6.42 Å². The fraction of sp³-hybridized carbons (Fsp3) is 0.312. The summed E-state index contributed by atoms with van der Waals surface area (Å²) in [5.74, 6) is 1.59. The zero-order valence-electron chi connectivity index (χ0n) is 12.1. The molecule has 1 aromatic heterocycles. The highest BCUT2D eigenvalue weighted by molar-refractivity contribution is 5.89. The van der Waals surface area contributed by atoms with Gasteiger partial charge in [0.25, 0.3) is 0 Å². The number of nitrogens with one attached hydrogen (secondary N) is 2. The predicted molar refractivity (Wildman–Crippen MR) is 79.8 cm³/mol. The topological polar surface area (TPSA) is 54.3 Å². The molecule has 0 aliphatic carbocycles. The number of hydrogen-bond acceptors (Lipinski definition) is 2. The van der Waals surface area contributed by atoms with E-state index in [4.69, 9.17) is 4.42 Å². The Morgan fingerprint density at radius 1 is 1.30 bits per heavy atom. The van der Waals surface area contributed by atoms with Crippen molar-refractivity contribution < 1.29 is 9.21 Å². The second-order valence-corrected chi connectivity index (χ2v) is 4.82. The van der Waals surface area contributed by atoms with E-state index < -0.39 is 0 Å². The zero-order valence-corrected chi connectivity index (χ0v) is 12.1. The van der Waals surface area contributed by atoms with Crippen molar-refractivity contribution in [3.63, 3.8) is 0 Å². The van der Waals surface area contributed by atoms with Gasteiger partial charge in [0.2, 0.25) is 0 Å². The minimum Gasteiger partial charge on any atom is -0.464 e. The molecule has 0 bridgehead atoms. The SMILES string of the molecule is CCc1cccc(NC(=O)N[C@@H](C)c2ccc(C)o2)c1. The summed E-state index contributed by atoms with van der Waals surface area (Å²) in [7, 11) is 0. The Labute approximate surface area is 119 Å². The first-order valence-corrected chi connectivity index (χ1v) is 6.81. The number of benzene rings is 1. The monoisotopic (exact) mass is 272 g/mol. The van der Waals surface area contributed by atoms with Gasteiger partial charge in [0, 0.05) is 5.69 Å². The van der Waals surface area contributed by atoms with Gasteiger partial charge in [-0.25, -0.2) is 4.79 Å². The molecule has 1 atom stereocenters. The lowest BCUT2D eigenvalue weighted by Crippen LogP contribution is -2.30. The number of amides is 2. The number of carbonyl (C=O) groups is 1. The maximum Gasteiger partial charge on any atom is 0.319 e. The van der Waals surface area contributed by atoms with E-state index in [0.717, 1.165) is 23.6 Å². The molecule has 2 N–H and O–H groups in total. The highest BCUT2D eigenvalue weighted by atomic mass is 16.3. The van der Waals surface area contributed by atoms with Gasteiger partial charge in [-0.2, -0.15) is 0 Å². The number of furan rings is 1. The molecule has 4 heteroatoms. The van der Waals surface area contributed by atoms with Crippen LogP contribution in [-0.4, -0.2) is 6.03 Å². The van der Waals surface area contributed by atoms with Crippen molar-refractivity contribution in [2.45, 2.75) is 33.2 Å². The third-order valence-corrected chi connectivity index (χ3v) is 3.13. The largest absolute Gasteiger partial charge is 0.464 e. The smallest absolute Gasteiger partial charge is 0.319 e. The third kappa shape index (κ3) is 3.63. The van der Waals surface area contributed by atoms with E-state index in [-0.39, 0.29) is 12.1 Å². The van der Waals surface area contributed by atoms with Crippen molar-refractivity contribution in [2.75, 3.05) is 5.32 Å². The van der Waals surface area contributed by atoms with Crippen molar-refractivity contribution in [1.29, 1.82) is 0 Å². The molecule has 0 unspecified atom stereocenters. The van der Waals surface area contributed by atoms with E-state index in [0.29, 0.717) is 0 Å². The van der Waals surface area contributed by atoms with Gasteiger partial charge in [-0.15, -0.1) is 0 Å². The Kier molecular flexibility index (Phi) is 4.45. The molecular formula is C16H20N2O2. The Morgan fingerprint density at radius 3 is 2.75 bits per heavy atom. The first kappa shape index (κ1) is 14.2. The van der Waals surface area contributed by atoms with Crippen LogP contribution in [0.2, 0.25) is 0 Å². The van der Waals surface area contributed by atoms with Crippen LogP contribution < -0.4 is 10.6 Å². The van der Waals surface area contributed by atoms with Gasteiger partial charge in [-0.1, -0.05) is 19.1 Å². The molecule has 0 aliphatic heterocycles. The lowest BCUT2D eigenvalue weighted by Gasteiger charge is -2.13. The van der Waals surface area contributed by atoms with Crippen LogP contribution in [0.1, 0.15) is 37.0 Å². The van der Waals surface area contributed by atoms with Gasteiger partial charge < -0.3 is 15.1 Å². The van der Waals surface area contributed by atoms with Gasteiger partial charge in [0.05, 0.1) is 6.04 Å². The molecule has 0 radical (unpaired) electrons. The number of anilines is 1. The molecule has 20 heavy (non-hydrogen) atoms. The van der Waals surface area contributed by atoms with Crippen LogP contribution in [0.25, 0.3) is 0 Å². The summed E-state index contributed by atoms with van der Waals surface area (Å²) < 4.78 is 5.49. The number of hydrogen-bond donors (Lipinski definition) is 2. The summed E-state index contributed by atoms with van der Waals surface area (Å²) in [6.07, 6.45) is 0.944. The number of rotatable bonds is 4. The van der Waals surface area contributed by atoms with Crippen LogP contribution in [0.5, 0.6) is 0 Å². The molecule has 4 nitrogen and oxygen atoms in total. The maximum atomic E-state index is 11.9. The fourth-order valence-electron chi connectivity index (χ4n) is 1.99. The van der Waals surface area contributed by atoms with Crippen LogP contribution in [0, 0.1) is 6.92 Å². The summed E-state index contributed by atoms with van der Waals surface area (Å²) in [5, 5.41) is 5.68. The average Bonchev–Trinajstić information content (AvgIpc) is 2.85. The fourth-order valence-corrected chi connectivity index (χ4v) is 1.99. The lowest BCUT2D eigenvalue weighted by atomic mass is 10.1. The van der Waals surface area contributed by atoms with Gasteiger partial charge in [0.15, 0.2) is 0 Å². The van der Waals surface area contributed by atoms with Crippen molar-refractivity contribution in [1.82, 2.24) is 5.32 Å². The lowest BCUT2D eigenvalue weighted by molar-refractivity contribution is 0.247. The van der Waals surface area contributed by atoms with Crippen LogP contribution in [0.3, 0.4) is 0 Å². The van der Waals surface area contributed by atoms with E-state index in [1.54, 1.807) is 0 Å². The summed E-state index contributed by atoms with van der Waals surface area (Å²) >= 11 is 0. The van der Waals surface area contributed by atoms with Gasteiger partial charge in [-0.3, -0.25) is 0 Å². The van der Waals surface area contributed by atoms with Crippen molar-refractivity contribution >= 4 is 11.7 Å². The number of carbonyl (C=O) groups excluding carboxylic acids is 1. The minimum atomic E-state index is -0.236. The Balaban J connectivity index is 1.95. The molecule has 106 valence electrons. The summed E-state index contributed by atoms with van der Waals surface area (Å²) in [6, 6.07) is 11.2. The van der Waals surface area contributed by atoms with Crippen LogP contribution in [0.15, 0.2) is 40.8 Å². The molecular weight excluding hydrogens is 252 g/mol. The van der Waals surface area contributed by atoms with E-state index in [1.165, 1.54) is 5.56 Å². The van der Waals surface area contributed by atoms with E-state index >= 15 is 0 Å². The predicted octanol–water partition coefficient (Wildman–Crippen LogP) is 4.03. The normalized spacial score (nSPS) is 11.9. The molecule has 0 fully saturated rings. The first-order valence-electron chi connectivity index (χ1n) is 6.81. The Bertz CT molecular complexity index is 590. The number of urea groups is 1. The van der Waals surface area contributed by atoms with Gasteiger partial charge >= 0.3 is 6.03 Å². The number of aryl methyl sites for hydroxylation is 2. The van der Waals surface area contributed by atoms with E-state index in [9.17, 15) is 4.79 Å². The van der Waals surface area contributed by atoms with Crippen molar-refractivity contribution in [2.24, 2.45) is 0 Å². The molecule has 0 saturated carbocycles. The molecule has 0 saturated heterocycles. The Hall–Kier alpha value is -2.23. The second-order valence-electron chi connectivity index (χ2n) is 4.82. The highest BCUT2D eigenvalue weighted by Gasteiger charge is 2.12. The molecule has 2 rings (SSSR count). The minimum absolute atomic E-state index is 0.168. The van der Waals surface area contributed by atoms with Crippen molar-refractivity contribution in [3.05, 3.63) is 53.5 Å². The van der Waals surface area contributed by atoms with Crippen LogP contribution in [0.4, 0.5) is 10.5 Å². The third-order valence-electron chi connectivity index (χ3n) is 3.13. The maximum absolute atomic E-state index is 11.9. The summed E-state index contributed by atoms with van der Waals surface area (Å²) in [6.45, 7) is 5.85. The molecule has 2 aromatic rings. The first-order chi connectivity index (χ1) is 9.58. The standard InChI is InChI=1S/C16H20N2O2/c1-4-13-6-5-7-14(10-13)18-16(19)17-12(3)15-9-8-11(2)20-15/h5-10,12H,4H2,1-3H3,(H2,17,18,19)/t12-/m0/s1. The molecule has 0 aliphatic rings. The van der Waals surface area contributed by atoms with Crippen molar-refractivity contribution in [3.8, 4) is 0 Å². The molecule has 2 amide bonds. The average molecular weight is 272 g/mol.